The molecule has 0 bridgehead atoms. The fourth-order valence-electron chi connectivity index (χ4n) is 2.22. The van der Waals surface area contributed by atoms with E-state index in [2.05, 4.69) is 0 Å². The van der Waals surface area contributed by atoms with Gasteiger partial charge in [-0.1, -0.05) is 11.6 Å². The molecule has 17 heavy (non-hydrogen) atoms. The van der Waals surface area contributed by atoms with Gasteiger partial charge in [0.15, 0.2) is 0 Å². The van der Waals surface area contributed by atoms with Gasteiger partial charge in [0.05, 0.1) is 6.10 Å². The minimum Gasteiger partial charge on any atom is -0.487 e. The summed E-state index contributed by atoms with van der Waals surface area (Å²) in [6, 6.07) is 3.75. The second-order valence-electron chi connectivity index (χ2n) is 4.53. The van der Waals surface area contributed by atoms with Gasteiger partial charge in [0, 0.05) is 18.6 Å². The number of hydrogen-bond acceptors (Lipinski definition) is 3. The molecule has 3 nitrogen and oxygen atoms in total. The van der Waals surface area contributed by atoms with Crippen molar-refractivity contribution in [1.29, 1.82) is 0 Å². The number of aryl methyl sites for hydroxylation is 2. The van der Waals surface area contributed by atoms with E-state index in [0.29, 0.717) is 11.4 Å². The molecule has 1 aromatic carbocycles. The summed E-state index contributed by atoms with van der Waals surface area (Å²) in [4.78, 5) is 0. The molecule has 1 aliphatic rings. The summed E-state index contributed by atoms with van der Waals surface area (Å²) in [5, 5.41) is 10.2. The number of benzene rings is 1. The van der Waals surface area contributed by atoms with Gasteiger partial charge in [-0.2, -0.15) is 0 Å². The standard InChI is InChI=1S/C13H17ClO3/c1-7-4-9(14)5-8(2)12(7)17-11-6-10(15)13(11)16-3/h4-5,10-11,13,15H,6H2,1-3H3. The summed E-state index contributed by atoms with van der Waals surface area (Å²) in [5.74, 6) is 0.841. The minimum atomic E-state index is -0.419. The summed E-state index contributed by atoms with van der Waals surface area (Å²) < 4.78 is 11.1. The highest BCUT2D eigenvalue weighted by Crippen LogP contribution is 2.33. The average Bonchev–Trinajstić information content (AvgIpc) is 2.21. The lowest BCUT2D eigenvalue weighted by Gasteiger charge is -2.40. The molecule has 1 aromatic rings. The monoisotopic (exact) mass is 256 g/mol. The molecule has 2 rings (SSSR count). The molecule has 3 unspecified atom stereocenters. The average molecular weight is 257 g/mol. The van der Waals surface area contributed by atoms with E-state index in [1.165, 1.54) is 0 Å². The van der Waals surface area contributed by atoms with Crippen LogP contribution in [0.2, 0.25) is 5.02 Å². The molecule has 4 heteroatoms. The Morgan fingerprint density at radius 2 is 1.88 bits per heavy atom. The predicted molar refractivity (Wildman–Crippen MR) is 66.8 cm³/mol. The van der Waals surface area contributed by atoms with Crippen LogP contribution >= 0.6 is 11.6 Å². The van der Waals surface area contributed by atoms with Gasteiger partial charge >= 0.3 is 0 Å². The van der Waals surface area contributed by atoms with Crippen LogP contribution < -0.4 is 4.74 Å². The molecule has 1 saturated carbocycles. The molecule has 0 aliphatic heterocycles. The molecule has 0 saturated heterocycles. The van der Waals surface area contributed by atoms with Gasteiger partial charge in [-0.05, 0) is 37.1 Å². The van der Waals surface area contributed by atoms with Crippen LogP contribution in [0.5, 0.6) is 5.75 Å². The third kappa shape index (κ3) is 2.41. The van der Waals surface area contributed by atoms with E-state index in [1.54, 1.807) is 7.11 Å². The number of methoxy groups -OCH3 is 1. The lowest BCUT2D eigenvalue weighted by Crippen LogP contribution is -2.54. The Labute approximate surface area is 106 Å². The van der Waals surface area contributed by atoms with Crippen LogP contribution in [-0.2, 0) is 4.74 Å². The molecule has 1 aliphatic carbocycles. The fourth-order valence-corrected chi connectivity index (χ4v) is 2.54. The van der Waals surface area contributed by atoms with Gasteiger partial charge in [-0.25, -0.2) is 0 Å². The molecule has 0 aromatic heterocycles. The molecule has 0 heterocycles. The number of halogens is 1. The molecule has 94 valence electrons. The van der Waals surface area contributed by atoms with Gasteiger partial charge in [0.2, 0.25) is 0 Å². The van der Waals surface area contributed by atoms with Gasteiger partial charge < -0.3 is 14.6 Å². The van der Waals surface area contributed by atoms with E-state index in [9.17, 15) is 5.11 Å². The molecular weight excluding hydrogens is 240 g/mol. The van der Waals surface area contributed by atoms with E-state index >= 15 is 0 Å². The van der Waals surface area contributed by atoms with Crippen LogP contribution in [0.3, 0.4) is 0 Å². The quantitative estimate of drug-likeness (QED) is 0.903. The van der Waals surface area contributed by atoms with Crippen molar-refractivity contribution >= 4 is 11.6 Å². The van der Waals surface area contributed by atoms with E-state index in [0.717, 1.165) is 16.9 Å². The number of hydrogen-bond donors (Lipinski definition) is 1. The van der Waals surface area contributed by atoms with E-state index in [4.69, 9.17) is 21.1 Å². The normalized spacial score (nSPS) is 27.7. The summed E-state index contributed by atoms with van der Waals surface area (Å²) in [6.45, 7) is 3.93. The van der Waals surface area contributed by atoms with Crippen LogP contribution in [0.15, 0.2) is 12.1 Å². The zero-order chi connectivity index (χ0) is 12.6. The molecule has 0 amide bonds. The maximum absolute atomic E-state index is 9.51. The van der Waals surface area contributed by atoms with Crippen LogP contribution in [0.4, 0.5) is 0 Å². The number of aliphatic hydroxyl groups is 1. The zero-order valence-corrected chi connectivity index (χ0v) is 11.0. The molecule has 0 spiro atoms. The smallest absolute Gasteiger partial charge is 0.130 e. The molecule has 1 N–H and O–H groups in total. The predicted octanol–water partition coefficient (Wildman–Crippen LogP) is 2.48. The highest BCUT2D eigenvalue weighted by atomic mass is 35.5. The second-order valence-corrected chi connectivity index (χ2v) is 4.96. The Morgan fingerprint density at radius 3 is 2.35 bits per heavy atom. The zero-order valence-electron chi connectivity index (χ0n) is 10.2. The van der Waals surface area contributed by atoms with Crippen molar-refractivity contribution in [2.75, 3.05) is 7.11 Å². The van der Waals surface area contributed by atoms with Crippen LogP contribution in [0, 0.1) is 13.8 Å². The van der Waals surface area contributed by atoms with Crippen LogP contribution in [0.25, 0.3) is 0 Å². The maximum Gasteiger partial charge on any atom is 0.130 e. The molecular formula is C13H17ClO3. The maximum atomic E-state index is 9.51. The van der Waals surface area contributed by atoms with Crippen molar-refractivity contribution in [1.82, 2.24) is 0 Å². The fraction of sp³-hybridized carbons (Fsp3) is 0.538. The van der Waals surface area contributed by atoms with Crippen LogP contribution in [0.1, 0.15) is 17.5 Å². The summed E-state index contributed by atoms with van der Waals surface area (Å²) in [6.07, 6.45) is -0.115. The second kappa shape index (κ2) is 4.84. The molecule has 3 atom stereocenters. The highest BCUT2D eigenvalue weighted by molar-refractivity contribution is 6.30. The Hall–Kier alpha value is -0.770. The van der Waals surface area contributed by atoms with Gasteiger partial charge in [0.1, 0.15) is 18.0 Å². The van der Waals surface area contributed by atoms with Crippen molar-refractivity contribution < 1.29 is 14.6 Å². The Balaban J connectivity index is 2.14. The number of ether oxygens (including phenoxy) is 2. The number of rotatable bonds is 3. The van der Waals surface area contributed by atoms with E-state index < -0.39 is 6.10 Å². The van der Waals surface area contributed by atoms with Crippen molar-refractivity contribution in [2.45, 2.75) is 38.6 Å². The van der Waals surface area contributed by atoms with Gasteiger partial charge in [-0.15, -0.1) is 0 Å². The van der Waals surface area contributed by atoms with Crippen molar-refractivity contribution in [3.8, 4) is 5.75 Å². The highest BCUT2D eigenvalue weighted by Gasteiger charge is 2.42. The van der Waals surface area contributed by atoms with E-state index in [1.807, 2.05) is 26.0 Å². The topological polar surface area (TPSA) is 38.7 Å². The summed E-state index contributed by atoms with van der Waals surface area (Å²) in [5.41, 5.74) is 2.01. The number of aliphatic hydroxyl groups excluding tert-OH is 1. The summed E-state index contributed by atoms with van der Waals surface area (Å²) in [7, 11) is 1.59. The first-order valence-electron chi connectivity index (χ1n) is 5.67. The molecule has 1 fully saturated rings. The lowest BCUT2D eigenvalue weighted by molar-refractivity contribution is -0.149. The largest absolute Gasteiger partial charge is 0.487 e. The lowest BCUT2D eigenvalue weighted by atomic mass is 9.88. The molecule has 0 radical (unpaired) electrons. The minimum absolute atomic E-state index is 0.0754. The third-order valence-corrected chi connectivity index (χ3v) is 3.40. The third-order valence-electron chi connectivity index (χ3n) is 3.19. The van der Waals surface area contributed by atoms with Crippen molar-refractivity contribution in [3.63, 3.8) is 0 Å². The van der Waals surface area contributed by atoms with Crippen molar-refractivity contribution in [3.05, 3.63) is 28.3 Å². The first kappa shape index (κ1) is 12.7. The Kier molecular flexibility index (Phi) is 3.61. The van der Waals surface area contributed by atoms with E-state index in [-0.39, 0.29) is 12.2 Å². The first-order valence-corrected chi connectivity index (χ1v) is 6.05. The Bertz CT molecular complexity index is 396. The van der Waals surface area contributed by atoms with Gasteiger partial charge in [-0.3, -0.25) is 0 Å². The van der Waals surface area contributed by atoms with Crippen molar-refractivity contribution in [2.24, 2.45) is 0 Å². The van der Waals surface area contributed by atoms with Crippen LogP contribution in [-0.4, -0.2) is 30.5 Å². The SMILES string of the molecule is COC1C(O)CC1Oc1c(C)cc(Cl)cc1C. The van der Waals surface area contributed by atoms with Gasteiger partial charge in [0.25, 0.3) is 0 Å². The Morgan fingerprint density at radius 1 is 1.29 bits per heavy atom. The summed E-state index contributed by atoms with van der Waals surface area (Å²) >= 11 is 5.97. The first-order chi connectivity index (χ1) is 8.02.